The number of hydrogen-bond donors (Lipinski definition) is 1. The minimum Gasteiger partial charge on any atom is -0.355 e. The molecule has 2 heterocycles. The summed E-state index contributed by atoms with van der Waals surface area (Å²) in [6, 6.07) is 14.1. The van der Waals surface area contributed by atoms with Crippen LogP contribution >= 0.6 is 0 Å². The van der Waals surface area contributed by atoms with E-state index in [1.807, 2.05) is 31.2 Å². The van der Waals surface area contributed by atoms with Crippen molar-refractivity contribution < 1.29 is 22.1 Å². The summed E-state index contributed by atoms with van der Waals surface area (Å²) in [5, 5.41) is 6.79. The monoisotopic (exact) mass is 497 g/mol. The van der Waals surface area contributed by atoms with Crippen LogP contribution in [0.5, 0.6) is 0 Å². The first-order valence-electron chi connectivity index (χ1n) is 11.5. The number of sulfonamides is 1. The number of nitrogens with one attached hydrogen (secondary N) is 1. The lowest BCUT2D eigenvalue weighted by Gasteiger charge is -2.30. The lowest BCUT2D eigenvalue weighted by Crippen LogP contribution is -2.43. The molecule has 1 aromatic heterocycles. The van der Waals surface area contributed by atoms with Gasteiger partial charge in [0.1, 0.15) is 11.5 Å². The molecule has 0 spiro atoms. The molecule has 1 N–H and O–H groups in total. The molecule has 1 fully saturated rings. The van der Waals surface area contributed by atoms with Crippen LogP contribution in [-0.4, -0.2) is 36.9 Å². The van der Waals surface area contributed by atoms with Crippen LogP contribution in [0.3, 0.4) is 0 Å². The maximum atomic E-state index is 13.9. The topological polar surface area (TPSA) is 92.5 Å². The Morgan fingerprint density at radius 1 is 1.14 bits per heavy atom. The third kappa shape index (κ3) is 5.68. The second-order valence-electron chi connectivity index (χ2n) is 8.70. The van der Waals surface area contributed by atoms with E-state index in [1.54, 1.807) is 25.1 Å². The van der Waals surface area contributed by atoms with Gasteiger partial charge in [0.25, 0.3) is 0 Å². The van der Waals surface area contributed by atoms with Crippen molar-refractivity contribution in [2.24, 2.45) is 5.92 Å². The van der Waals surface area contributed by atoms with Crippen molar-refractivity contribution in [1.29, 1.82) is 0 Å². The van der Waals surface area contributed by atoms with E-state index < -0.39 is 15.8 Å². The lowest BCUT2D eigenvalue weighted by molar-refractivity contribution is -0.126. The summed E-state index contributed by atoms with van der Waals surface area (Å²) in [5.41, 5.74) is 2.69. The van der Waals surface area contributed by atoms with E-state index in [2.05, 4.69) is 10.5 Å². The van der Waals surface area contributed by atoms with Crippen molar-refractivity contribution in [2.75, 3.05) is 13.1 Å². The maximum absolute atomic E-state index is 13.9. The van der Waals surface area contributed by atoms with Gasteiger partial charge in [-0.3, -0.25) is 4.79 Å². The molecule has 0 atom stereocenters. The van der Waals surface area contributed by atoms with Gasteiger partial charge in [-0.25, -0.2) is 12.8 Å². The number of aryl methyl sites for hydroxylation is 2. The van der Waals surface area contributed by atoms with Gasteiger partial charge in [-0.2, -0.15) is 4.31 Å². The number of rotatable bonds is 7. The van der Waals surface area contributed by atoms with Gasteiger partial charge in [0.15, 0.2) is 10.7 Å². The average molecular weight is 498 g/mol. The number of nitrogens with zero attached hydrogens (tertiary/aromatic N) is 2. The molecule has 2 aromatic carbocycles. The van der Waals surface area contributed by atoms with Crippen molar-refractivity contribution in [3.63, 3.8) is 0 Å². The molecule has 4 rings (SSSR count). The molecule has 0 unspecified atom stereocenters. The summed E-state index contributed by atoms with van der Waals surface area (Å²) in [6.07, 6.45) is 3.71. The summed E-state index contributed by atoms with van der Waals surface area (Å²) in [4.78, 5) is 12.6. The summed E-state index contributed by atoms with van der Waals surface area (Å²) < 4.78 is 47.4. The highest BCUT2D eigenvalue weighted by Crippen LogP contribution is 2.29. The summed E-state index contributed by atoms with van der Waals surface area (Å²) >= 11 is 0. The molecule has 9 heteroatoms. The first-order valence-corrected chi connectivity index (χ1v) is 12.9. The van der Waals surface area contributed by atoms with E-state index >= 15 is 0 Å². The molecule has 1 saturated heterocycles. The van der Waals surface area contributed by atoms with E-state index in [0.717, 1.165) is 11.1 Å². The van der Waals surface area contributed by atoms with Crippen molar-refractivity contribution >= 4 is 28.1 Å². The van der Waals surface area contributed by atoms with Crippen LogP contribution in [0, 0.1) is 25.6 Å². The smallest absolute Gasteiger partial charge is 0.248 e. The van der Waals surface area contributed by atoms with Crippen LogP contribution in [-0.2, 0) is 21.4 Å². The van der Waals surface area contributed by atoms with E-state index in [4.69, 9.17) is 4.52 Å². The van der Waals surface area contributed by atoms with Gasteiger partial charge in [-0.05, 0) is 50.5 Å². The third-order valence-corrected chi connectivity index (χ3v) is 8.18. The van der Waals surface area contributed by atoms with Crippen molar-refractivity contribution in [3.8, 4) is 0 Å². The number of carbonyl (C=O) groups is 1. The zero-order chi connectivity index (χ0) is 25.0. The molecule has 1 aliphatic heterocycles. The van der Waals surface area contributed by atoms with Gasteiger partial charge in [-0.1, -0.05) is 53.2 Å². The van der Waals surface area contributed by atoms with Gasteiger partial charge in [0.05, 0.1) is 0 Å². The predicted molar refractivity (Wildman–Crippen MR) is 131 cm³/mol. The predicted octanol–water partition coefficient (Wildman–Crippen LogP) is 4.32. The van der Waals surface area contributed by atoms with Gasteiger partial charge in [0.2, 0.25) is 15.9 Å². The molecule has 1 aliphatic rings. The molecule has 7 nitrogen and oxygen atoms in total. The molecule has 184 valence electrons. The number of halogens is 1. The number of benzene rings is 2. The Morgan fingerprint density at radius 2 is 1.89 bits per heavy atom. The Labute approximate surface area is 204 Å². The highest BCUT2D eigenvalue weighted by Gasteiger charge is 2.35. The van der Waals surface area contributed by atoms with Crippen LogP contribution in [0.1, 0.15) is 41.0 Å². The highest BCUT2D eigenvalue weighted by molar-refractivity contribution is 7.89. The Morgan fingerprint density at radius 3 is 2.60 bits per heavy atom. The zero-order valence-electron chi connectivity index (χ0n) is 19.7. The van der Waals surface area contributed by atoms with Crippen LogP contribution in [0.15, 0.2) is 57.9 Å². The SMILES string of the molecule is Cc1cccc(CNC(=O)C2CCN(S(=O)(=O)c3c(C)noc3/C=C/c3ccccc3F)CC2)c1. The summed E-state index contributed by atoms with van der Waals surface area (Å²) in [6.45, 7) is 4.43. The van der Waals surface area contributed by atoms with Gasteiger partial charge in [-0.15, -0.1) is 0 Å². The molecule has 3 aromatic rings. The molecule has 35 heavy (non-hydrogen) atoms. The molecule has 0 saturated carbocycles. The Balaban J connectivity index is 1.41. The molecule has 0 bridgehead atoms. The van der Waals surface area contributed by atoms with E-state index in [9.17, 15) is 17.6 Å². The molecular weight excluding hydrogens is 469 g/mol. The number of amides is 1. The van der Waals surface area contributed by atoms with Crippen molar-refractivity contribution in [3.05, 3.63) is 82.5 Å². The third-order valence-electron chi connectivity index (χ3n) is 6.12. The Hall–Kier alpha value is -3.30. The first-order chi connectivity index (χ1) is 16.8. The molecule has 1 amide bonds. The van der Waals surface area contributed by atoms with Crippen LogP contribution in [0.2, 0.25) is 0 Å². The summed E-state index contributed by atoms with van der Waals surface area (Å²) in [7, 11) is -3.90. The number of hydrogen-bond acceptors (Lipinski definition) is 5. The summed E-state index contributed by atoms with van der Waals surface area (Å²) in [5.74, 6) is -0.704. The van der Waals surface area contributed by atoms with Crippen LogP contribution < -0.4 is 5.32 Å². The van der Waals surface area contributed by atoms with Crippen LogP contribution in [0.25, 0.3) is 12.2 Å². The van der Waals surface area contributed by atoms with Crippen molar-refractivity contribution in [2.45, 2.75) is 38.1 Å². The largest absolute Gasteiger partial charge is 0.355 e. The highest BCUT2D eigenvalue weighted by atomic mass is 32.2. The zero-order valence-corrected chi connectivity index (χ0v) is 20.5. The standard InChI is InChI=1S/C26H28FN3O4S/c1-18-6-5-7-20(16-18)17-28-26(31)22-12-14-30(15-13-22)35(32,33)25-19(2)29-34-24(25)11-10-21-8-3-4-9-23(21)27/h3-11,16,22H,12-15,17H2,1-2H3,(H,28,31)/b11-10+. The lowest BCUT2D eigenvalue weighted by atomic mass is 9.97. The molecular formula is C26H28FN3O4S. The van der Waals surface area contributed by atoms with E-state index in [-0.39, 0.29) is 41.3 Å². The number of carbonyl (C=O) groups excluding carboxylic acids is 1. The number of piperidine rings is 1. The Bertz CT molecular complexity index is 1340. The average Bonchev–Trinajstić information content (AvgIpc) is 3.23. The normalized spacial score (nSPS) is 15.5. The van der Waals surface area contributed by atoms with E-state index in [0.29, 0.717) is 24.9 Å². The molecule has 0 aliphatic carbocycles. The second kappa shape index (κ2) is 10.5. The fourth-order valence-electron chi connectivity index (χ4n) is 4.22. The Kier molecular flexibility index (Phi) is 7.47. The minimum absolute atomic E-state index is 0.0348. The fraction of sp³-hybridized carbons (Fsp3) is 0.308. The second-order valence-corrected chi connectivity index (χ2v) is 10.6. The van der Waals surface area contributed by atoms with E-state index in [1.165, 1.54) is 22.5 Å². The quantitative estimate of drug-likeness (QED) is 0.525. The fourth-order valence-corrected chi connectivity index (χ4v) is 5.94. The maximum Gasteiger partial charge on any atom is 0.248 e. The van der Waals surface area contributed by atoms with Crippen LogP contribution in [0.4, 0.5) is 4.39 Å². The van der Waals surface area contributed by atoms with Gasteiger partial charge >= 0.3 is 0 Å². The molecule has 0 radical (unpaired) electrons. The number of aromatic nitrogens is 1. The first kappa shape index (κ1) is 24.8. The van der Waals surface area contributed by atoms with Gasteiger partial charge < -0.3 is 9.84 Å². The van der Waals surface area contributed by atoms with Gasteiger partial charge in [0, 0.05) is 31.1 Å². The van der Waals surface area contributed by atoms with Crippen molar-refractivity contribution in [1.82, 2.24) is 14.8 Å². The minimum atomic E-state index is -3.90.